The Kier molecular flexibility index (Phi) is 3.97. The highest BCUT2D eigenvalue weighted by molar-refractivity contribution is 9.10. The molecule has 1 aromatic carbocycles. The van der Waals surface area contributed by atoms with Crippen LogP contribution in [0, 0.1) is 0 Å². The molecule has 0 heterocycles. The molecule has 0 atom stereocenters. The molecule has 2 N–H and O–H groups in total. The van der Waals surface area contributed by atoms with Gasteiger partial charge in [-0.25, -0.2) is 0 Å². The molecule has 1 nitrogen and oxygen atoms in total. The van der Waals surface area contributed by atoms with E-state index in [0.29, 0.717) is 6.54 Å². The third-order valence-electron chi connectivity index (χ3n) is 1.78. The van der Waals surface area contributed by atoms with Crippen LogP contribution in [-0.2, 0) is 0 Å². The van der Waals surface area contributed by atoms with Gasteiger partial charge in [0.25, 0.3) is 0 Å². The smallest absolute Gasteiger partial charge is 0.0492 e. The van der Waals surface area contributed by atoms with Gasteiger partial charge in [0.05, 0.1) is 0 Å². The van der Waals surface area contributed by atoms with Crippen molar-refractivity contribution in [2.75, 3.05) is 6.54 Å². The summed E-state index contributed by atoms with van der Waals surface area (Å²) in [7, 11) is 0. The summed E-state index contributed by atoms with van der Waals surface area (Å²) in [5.74, 6) is 0. The van der Waals surface area contributed by atoms with Gasteiger partial charge < -0.3 is 5.73 Å². The summed E-state index contributed by atoms with van der Waals surface area (Å²) in [6.07, 6.45) is 1.95. The highest BCUT2D eigenvalue weighted by atomic mass is 79.9. The van der Waals surface area contributed by atoms with Crippen molar-refractivity contribution in [3.8, 4) is 0 Å². The van der Waals surface area contributed by atoms with Crippen LogP contribution in [0.4, 0.5) is 0 Å². The minimum absolute atomic E-state index is 0.540. The van der Waals surface area contributed by atoms with E-state index in [2.05, 4.69) is 15.9 Å². The molecule has 0 amide bonds. The predicted molar refractivity (Wildman–Crippen MR) is 61.9 cm³/mol. The van der Waals surface area contributed by atoms with Gasteiger partial charge in [-0.2, -0.15) is 0 Å². The maximum Gasteiger partial charge on any atom is 0.0492 e. The molecule has 0 saturated heterocycles. The molecular formula is C10H11BrClN. The van der Waals surface area contributed by atoms with E-state index in [1.54, 1.807) is 0 Å². The quantitative estimate of drug-likeness (QED) is 0.866. The molecule has 70 valence electrons. The second kappa shape index (κ2) is 4.80. The lowest BCUT2D eigenvalue weighted by Gasteiger charge is -2.04. The zero-order valence-electron chi connectivity index (χ0n) is 7.35. The monoisotopic (exact) mass is 259 g/mol. The van der Waals surface area contributed by atoms with Crippen molar-refractivity contribution in [3.63, 3.8) is 0 Å². The normalized spacial score (nSPS) is 11.8. The van der Waals surface area contributed by atoms with Crippen molar-refractivity contribution in [2.45, 2.75) is 6.92 Å². The summed E-state index contributed by atoms with van der Waals surface area (Å²) in [5, 5.41) is 0.747. The molecule has 0 aromatic heterocycles. The first-order valence-corrected chi connectivity index (χ1v) is 5.14. The van der Waals surface area contributed by atoms with Crippen LogP contribution in [-0.4, -0.2) is 6.54 Å². The van der Waals surface area contributed by atoms with Crippen LogP contribution in [0.5, 0.6) is 0 Å². The first-order valence-electron chi connectivity index (χ1n) is 3.97. The lowest BCUT2D eigenvalue weighted by Crippen LogP contribution is -1.94. The second-order valence-electron chi connectivity index (χ2n) is 2.75. The van der Waals surface area contributed by atoms with E-state index >= 15 is 0 Å². The summed E-state index contributed by atoms with van der Waals surface area (Å²) in [4.78, 5) is 0. The van der Waals surface area contributed by atoms with Crippen molar-refractivity contribution in [1.29, 1.82) is 0 Å². The van der Waals surface area contributed by atoms with E-state index in [4.69, 9.17) is 17.3 Å². The lowest BCUT2D eigenvalue weighted by molar-refractivity contribution is 1.25. The van der Waals surface area contributed by atoms with Crippen molar-refractivity contribution >= 4 is 33.1 Å². The van der Waals surface area contributed by atoms with Crippen molar-refractivity contribution in [1.82, 2.24) is 0 Å². The Morgan fingerprint density at radius 3 is 2.85 bits per heavy atom. The van der Waals surface area contributed by atoms with Crippen LogP contribution in [0.3, 0.4) is 0 Å². The van der Waals surface area contributed by atoms with E-state index < -0.39 is 0 Å². The SMILES string of the molecule is C/C(=C/CN)c1ccc(Br)cc1Cl. The molecule has 0 spiro atoms. The number of hydrogen-bond donors (Lipinski definition) is 1. The number of benzene rings is 1. The third-order valence-corrected chi connectivity index (χ3v) is 2.59. The summed E-state index contributed by atoms with van der Waals surface area (Å²) < 4.78 is 0.988. The molecule has 0 unspecified atom stereocenters. The van der Waals surface area contributed by atoms with Crippen LogP contribution in [0.2, 0.25) is 5.02 Å². The molecule has 3 heteroatoms. The fourth-order valence-electron chi connectivity index (χ4n) is 1.10. The van der Waals surface area contributed by atoms with Gasteiger partial charge in [-0.05, 0) is 30.2 Å². The van der Waals surface area contributed by atoms with Crippen LogP contribution in [0.15, 0.2) is 28.7 Å². The highest BCUT2D eigenvalue weighted by Gasteiger charge is 2.01. The van der Waals surface area contributed by atoms with Gasteiger partial charge in [0, 0.05) is 16.0 Å². The minimum Gasteiger partial charge on any atom is -0.327 e. The van der Waals surface area contributed by atoms with E-state index in [0.717, 1.165) is 20.6 Å². The van der Waals surface area contributed by atoms with Gasteiger partial charge in [0.2, 0.25) is 0 Å². The van der Waals surface area contributed by atoms with Gasteiger partial charge in [0.1, 0.15) is 0 Å². The molecule has 0 saturated carbocycles. The van der Waals surface area contributed by atoms with Crippen molar-refractivity contribution in [3.05, 3.63) is 39.3 Å². The van der Waals surface area contributed by atoms with Crippen molar-refractivity contribution < 1.29 is 0 Å². The summed E-state index contributed by atoms with van der Waals surface area (Å²) in [6.45, 7) is 2.54. The Hall–Kier alpha value is -0.310. The molecule has 0 aliphatic carbocycles. The maximum atomic E-state index is 6.05. The van der Waals surface area contributed by atoms with Gasteiger partial charge >= 0.3 is 0 Å². The van der Waals surface area contributed by atoms with Gasteiger partial charge in [-0.3, -0.25) is 0 Å². The van der Waals surface area contributed by atoms with Gasteiger partial charge in [-0.15, -0.1) is 0 Å². The zero-order chi connectivity index (χ0) is 9.84. The van der Waals surface area contributed by atoms with E-state index in [1.165, 1.54) is 0 Å². The molecule has 0 fully saturated rings. The Morgan fingerprint density at radius 1 is 1.62 bits per heavy atom. The summed E-state index contributed by atoms with van der Waals surface area (Å²) in [6, 6.07) is 5.83. The summed E-state index contributed by atoms with van der Waals surface area (Å²) >= 11 is 9.40. The number of halogens is 2. The number of rotatable bonds is 2. The average Bonchev–Trinajstić information content (AvgIpc) is 2.04. The second-order valence-corrected chi connectivity index (χ2v) is 4.07. The molecular weight excluding hydrogens is 249 g/mol. The Morgan fingerprint density at radius 2 is 2.31 bits per heavy atom. The molecule has 0 aliphatic rings. The molecule has 13 heavy (non-hydrogen) atoms. The fourth-order valence-corrected chi connectivity index (χ4v) is 1.92. The lowest BCUT2D eigenvalue weighted by atomic mass is 10.1. The first kappa shape index (κ1) is 10.8. The topological polar surface area (TPSA) is 26.0 Å². The minimum atomic E-state index is 0.540. The standard InChI is InChI=1S/C10H11BrClN/c1-7(4-5-13)9-3-2-8(11)6-10(9)12/h2-4,6H,5,13H2,1H3/b7-4-. The zero-order valence-corrected chi connectivity index (χ0v) is 9.69. The highest BCUT2D eigenvalue weighted by Crippen LogP contribution is 2.26. The van der Waals surface area contributed by atoms with Crippen molar-refractivity contribution in [2.24, 2.45) is 5.73 Å². The first-order chi connectivity index (χ1) is 6.15. The number of allylic oxidation sites excluding steroid dienone is 1. The average molecular weight is 261 g/mol. The maximum absolute atomic E-state index is 6.05. The molecule has 1 rings (SSSR count). The van der Waals surface area contributed by atoms with E-state index in [-0.39, 0.29) is 0 Å². The van der Waals surface area contributed by atoms with Gasteiger partial charge in [0.15, 0.2) is 0 Å². The predicted octanol–water partition coefficient (Wildman–Crippen LogP) is 3.46. The Balaban J connectivity index is 3.09. The summed E-state index contributed by atoms with van der Waals surface area (Å²) in [5.41, 5.74) is 7.57. The van der Waals surface area contributed by atoms with E-state index in [1.807, 2.05) is 31.2 Å². The van der Waals surface area contributed by atoms with E-state index in [9.17, 15) is 0 Å². The molecule has 1 aromatic rings. The Bertz CT molecular complexity index is 334. The van der Waals surface area contributed by atoms with Crippen LogP contribution >= 0.6 is 27.5 Å². The molecule has 0 bridgehead atoms. The molecule has 0 aliphatic heterocycles. The van der Waals surface area contributed by atoms with Gasteiger partial charge in [-0.1, -0.05) is 39.7 Å². The van der Waals surface area contributed by atoms with Crippen LogP contribution in [0.1, 0.15) is 12.5 Å². The molecule has 0 radical (unpaired) electrons. The number of hydrogen-bond acceptors (Lipinski definition) is 1. The van der Waals surface area contributed by atoms with Crippen LogP contribution in [0.25, 0.3) is 5.57 Å². The number of nitrogens with two attached hydrogens (primary N) is 1. The largest absolute Gasteiger partial charge is 0.327 e. The fraction of sp³-hybridized carbons (Fsp3) is 0.200. The third kappa shape index (κ3) is 2.83. The Labute approximate surface area is 91.7 Å². The van der Waals surface area contributed by atoms with Crippen LogP contribution < -0.4 is 5.73 Å².